The van der Waals surface area contributed by atoms with Gasteiger partial charge < -0.3 is 0 Å². The Morgan fingerprint density at radius 3 is 2.38 bits per heavy atom. The van der Waals surface area contributed by atoms with E-state index in [4.69, 9.17) is 0 Å². The minimum absolute atomic E-state index is 0.0191. The van der Waals surface area contributed by atoms with E-state index in [2.05, 4.69) is 0 Å². The van der Waals surface area contributed by atoms with Crippen molar-refractivity contribution in [1.82, 2.24) is 0 Å². The Morgan fingerprint density at radius 2 is 1.69 bits per heavy atom. The molecular formula is C12H15F. The van der Waals surface area contributed by atoms with Gasteiger partial charge in [0, 0.05) is 0 Å². The lowest BCUT2D eigenvalue weighted by molar-refractivity contribution is 0.430. The molecule has 0 aliphatic heterocycles. The molecule has 1 saturated carbocycles. The van der Waals surface area contributed by atoms with Crippen molar-refractivity contribution in [3.63, 3.8) is 0 Å². The van der Waals surface area contributed by atoms with Gasteiger partial charge in [0.2, 0.25) is 0 Å². The maximum atomic E-state index is 13.4. The molecular weight excluding hydrogens is 163 g/mol. The van der Waals surface area contributed by atoms with Gasteiger partial charge in [-0.2, -0.15) is 0 Å². The number of hydrogen-bond acceptors (Lipinski definition) is 0. The highest BCUT2D eigenvalue weighted by molar-refractivity contribution is 5.21. The average molecular weight is 178 g/mol. The average Bonchev–Trinajstić information content (AvgIpc) is 2.20. The molecule has 0 bridgehead atoms. The van der Waals surface area contributed by atoms with E-state index in [9.17, 15) is 4.39 Å². The zero-order valence-corrected chi connectivity index (χ0v) is 7.80. The highest BCUT2D eigenvalue weighted by atomic mass is 19.1. The van der Waals surface area contributed by atoms with Gasteiger partial charge >= 0.3 is 0 Å². The number of benzene rings is 1. The van der Waals surface area contributed by atoms with E-state index in [-0.39, 0.29) is 5.82 Å². The van der Waals surface area contributed by atoms with Gasteiger partial charge in [-0.25, -0.2) is 4.39 Å². The first kappa shape index (κ1) is 8.74. The normalized spacial score (nSPS) is 18.8. The lowest BCUT2D eigenvalue weighted by Crippen LogP contribution is -2.06. The summed E-state index contributed by atoms with van der Waals surface area (Å²) < 4.78 is 13.4. The predicted molar refractivity (Wildman–Crippen MR) is 52.2 cm³/mol. The predicted octanol–water partition coefficient (Wildman–Crippen LogP) is 3.87. The van der Waals surface area contributed by atoms with E-state index in [0.29, 0.717) is 5.92 Å². The third kappa shape index (κ3) is 1.90. The van der Waals surface area contributed by atoms with E-state index in [1.54, 1.807) is 12.1 Å². The summed E-state index contributed by atoms with van der Waals surface area (Å²) in [5.74, 6) is 0.462. The largest absolute Gasteiger partial charge is 0.207 e. The molecule has 70 valence electrons. The van der Waals surface area contributed by atoms with Crippen LogP contribution >= 0.6 is 0 Å². The van der Waals surface area contributed by atoms with Gasteiger partial charge in [0.1, 0.15) is 5.82 Å². The van der Waals surface area contributed by atoms with Crippen molar-refractivity contribution in [2.75, 3.05) is 0 Å². The van der Waals surface area contributed by atoms with Crippen molar-refractivity contribution in [3.05, 3.63) is 35.6 Å². The smallest absolute Gasteiger partial charge is 0.126 e. The van der Waals surface area contributed by atoms with Crippen molar-refractivity contribution in [3.8, 4) is 0 Å². The van der Waals surface area contributed by atoms with Crippen molar-refractivity contribution >= 4 is 0 Å². The van der Waals surface area contributed by atoms with Crippen LogP contribution < -0.4 is 0 Å². The fraction of sp³-hybridized carbons (Fsp3) is 0.500. The van der Waals surface area contributed by atoms with Crippen LogP contribution in [0, 0.1) is 5.82 Å². The highest BCUT2D eigenvalue weighted by Crippen LogP contribution is 2.33. The molecule has 1 aromatic rings. The fourth-order valence-corrected chi connectivity index (χ4v) is 2.22. The molecule has 0 unspecified atom stereocenters. The van der Waals surface area contributed by atoms with E-state index in [1.165, 1.54) is 32.1 Å². The molecule has 0 saturated heterocycles. The van der Waals surface area contributed by atoms with E-state index < -0.39 is 0 Å². The lowest BCUT2D eigenvalue weighted by atomic mass is 9.84. The van der Waals surface area contributed by atoms with Crippen LogP contribution in [0.2, 0.25) is 0 Å². The Morgan fingerprint density at radius 1 is 1.00 bits per heavy atom. The maximum absolute atomic E-state index is 13.4. The Kier molecular flexibility index (Phi) is 2.62. The summed E-state index contributed by atoms with van der Waals surface area (Å²) in [6.07, 6.45) is 6.19. The topological polar surface area (TPSA) is 0 Å². The van der Waals surface area contributed by atoms with Gasteiger partial charge in [0.15, 0.2) is 0 Å². The molecule has 0 radical (unpaired) electrons. The molecule has 1 fully saturated rings. The molecule has 0 spiro atoms. The van der Waals surface area contributed by atoms with Gasteiger partial charge in [0.05, 0.1) is 0 Å². The summed E-state index contributed by atoms with van der Waals surface area (Å²) in [4.78, 5) is 0. The van der Waals surface area contributed by atoms with Crippen molar-refractivity contribution in [1.29, 1.82) is 0 Å². The van der Waals surface area contributed by atoms with Crippen molar-refractivity contribution in [2.45, 2.75) is 38.0 Å². The maximum Gasteiger partial charge on any atom is 0.126 e. The molecule has 0 amide bonds. The molecule has 1 aliphatic rings. The van der Waals surface area contributed by atoms with Gasteiger partial charge in [-0.3, -0.25) is 0 Å². The van der Waals surface area contributed by atoms with Gasteiger partial charge in [0.25, 0.3) is 0 Å². The van der Waals surface area contributed by atoms with Gasteiger partial charge in [-0.15, -0.1) is 0 Å². The Balaban J connectivity index is 2.18. The second kappa shape index (κ2) is 3.91. The number of hydrogen-bond donors (Lipinski definition) is 0. The third-order valence-electron chi connectivity index (χ3n) is 2.95. The molecule has 0 heterocycles. The van der Waals surface area contributed by atoms with Gasteiger partial charge in [-0.1, -0.05) is 37.5 Å². The molecule has 0 atom stereocenters. The molecule has 1 heteroatoms. The van der Waals surface area contributed by atoms with Crippen LogP contribution in [0.5, 0.6) is 0 Å². The van der Waals surface area contributed by atoms with Crippen molar-refractivity contribution in [2.24, 2.45) is 0 Å². The Bertz CT molecular complexity index is 274. The first-order chi connectivity index (χ1) is 6.38. The Labute approximate surface area is 78.8 Å². The van der Waals surface area contributed by atoms with E-state index in [0.717, 1.165) is 5.56 Å². The second-order valence-electron chi connectivity index (χ2n) is 3.86. The van der Waals surface area contributed by atoms with Crippen LogP contribution in [0.15, 0.2) is 24.3 Å². The summed E-state index contributed by atoms with van der Waals surface area (Å²) in [7, 11) is 0. The van der Waals surface area contributed by atoms with Crippen LogP contribution in [0.4, 0.5) is 4.39 Å². The highest BCUT2D eigenvalue weighted by Gasteiger charge is 2.17. The minimum Gasteiger partial charge on any atom is -0.207 e. The van der Waals surface area contributed by atoms with Gasteiger partial charge in [-0.05, 0) is 30.4 Å². The van der Waals surface area contributed by atoms with Crippen LogP contribution in [-0.4, -0.2) is 0 Å². The summed E-state index contributed by atoms with van der Waals surface area (Å²) in [5.41, 5.74) is 0.933. The zero-order chi connectivity index (χ0) is 9.10. The van der Waals surface area contributed by atoms with Crippen LogP contribution in [0.3, 0.4) is 0 Å². The molecule has 1 aliphatic carbocycles. The van der Waals surface area contributed by atoms with Crippen LogP contribution in [-0.2, 0) is 0 Å². The zero-order valence-electron chi connectivity index (χ0n) is 7.80. The first-order valence-corrected chi connectivity index (χ1v) is 5.12. The minimum atomic E-state index is -0.0191. The third-order valence-corrected chi connectivity index (χ3v) is 2.95. The lowest BCUT2D eigenvalue weighted by Gasteiger charge is -2.22. The first-order valence-electron chi connectivity index (χ1n) is 5.12. The molecule has 0 N–H and O–H groups in total. The Hall–Kier alpha value is -0.850. The fourth-order valence-electron chi connectivity index (χ4n) is 2.22. The van der Waals surface area contributed by atoms with E-state index in [1.807, 2.05) is 12.1 Å². The standard InChI is InChI=1S/C12H15F/c13-12-9-5-4-8-11(12)10-6-2-1-3-7-10/h4-5,8-10H,1-3,6-7H2. The number of rotatable bonds is 1. The molecule has 0 aromatic heterocycles. The van der Waals surface area contributed by atoms with Crippen molar-refractivity contribution < 1.29 is 4.39 Å². The SMILES string of the molecule is Fc1ccccc1C1CCCCC1. The summed E-state index contributed by atoms with van der Waals surface area (Å²) in [6, 6.07) is 7.21. The molecule has 0 nitrogen and oxygen atoms in total. The van der Waals surface area contributed by atoms with Crippen LogP contribution in [0.25, 0.3) is 0 Å². The summed E-state index contributed by atoms with van der Waals surface area (Å²) in [5, 5.41) is 0. The molecule has 13 heavy (non-hydrogen) atoms. The summed E-state index contributed by atoms with van der Waals surface area (Å²) >= 11 is 0. The number of halogens is 1. The second-order valence-corrected chi connectivity index (χ2v) is 3.86. The quantitative estimate of drug-likeness (QED) is 0.612. The van der Waals surface area contributed by atoms with Crippen LogP contribution in [0.1, 0.15) is 43.6 Å². The molecule has 2 rings (SSSR count). The van der Waals surface area contributed by atoms with E-state index >= 15 is 0 Å². The molecule has 1 aromatic carbocycles. The summed E-state index contributed by atoms with van der Waals surface area (Å²) in [6.45, 7) is 0. The monoisotopic (exact) mass is 178 g/mol.